The zero-order valence-corrected chi connectivity index (χ0v) is 13.0. The summed E-state index contributed by atoms with van der Waals surface area (Å²) in [6.45, 7) is 8.99. The van der Waals surface area contributed by atoms with Gasteiger partial charge in [-0.1, -0.05) is 32.4 Å². The Morgan fingerprint density at radius 1 is 1.15 bits per heavy atom. The summed E-state index contributed by atoms with van der Waals surface area (Å²) in [6, 6.07) is 0. The van der Waals surface area contributed by atoms with Crippen molar-refractivity contribution in [3.05, 3.63) is 17.4 Å². The predicted octanol–water partition coefficient (Wildman–Crippen LogP) is 2.21. The zero-order valence-electron chi connectivity index (χ0n) is 12.3. The monoisotopic (exact) mass is 296 g/mol. The Kier molecular flexibility index (Phi) is 4.48. The van der Waals surface area contributed by atoms with Crippen LogP contribution in [0.15, 0.2) is 12.4 Å². The molecule has 0 unspecified atom stereocenters. The quantitative estimate of drug-likeness (QED) is 0.797. The van der Waals surface area contributed by atoms with Crippen LogP contribution >= 0.6 is 11.6 Å². The molecule has 0 saturated carbocycles. The van der Waals surface area contributed by atoms with Crippen LogP contribution in [0.25, 0.3) is 0 Å². The molecular weight excluding hydrogens is 276 g/mol. The summed E-state index contributed by atoms with van der Waals surface area (Å²) in [7, 11) is 0. The van der Waals surface area contributed by atoms with Crippen molar-refractivity contribution in [2.75, 3.05) is 31.1 Å². The highest BCUT2D eigenvalue weighted by Crippen LogP contribution is 2.19. The highest BCUT2D eigenvalue weighted by Gasteiger charge is 2.28. The maximum atomic E-state index is 12.3. The molecule has 0 aromatic carbocycles. The molecule has 110 valence electrons. The highest BCUT2D eigenvalue weighted by atomic mass is 35.5. The van der Waals surface area contributed by atoms with E-state index in [1.165, 1.54) is 0 Å². The van der Waals surface area contributed by atoms with E-state index in [2.05, 4.69) is 14.9 Å². The summed E-state index contributed by atoms with van der Waals surface area (Å²) in [5, 5.41) is 0.535. The fourth-order valence-electron chi connectivity index (χ4n) is 2.26. The van der Waals surface area contributed by atoms with Gasteiger partial charge < -0.3 is 9.80 Å². The second kappa shape index (κ2) is 5.95. The summed E-state index contributed by atoms with van der Waals surface area (Å²) in [5.41, 5.74) is -0.327. The molecule has 0 radical (unpaired) electrons. The first-order chi connectivity index (χ1) is 9.38. The Hall–Kier alpha value is -1.36. The van der Waals surface area contributed by atoms with Gasteiger partial charge in [0, 0.05) is 31.6 Å². The van der Waals surface area contributed by atoms with Crippen molar-refractivity contribution in [2.24, 2.45) is 5.41 Å². The van der Waals surface area contributed by atoms with E-state index in [0.717, 1.165) is 26.1 Å². The lowest BCUT2D eigenvalue weighted by Gasteiger charge is -2.28. The van der Waals surface area contributed by atoms with E-state index in [0.29, 0.717) is 17.5 Å². The molecule has 1 saturated heterocycles. The van der Waals surface area contributed by atoms with Gasteiger partial charge in [-0.05, 0) is 6.42 Å². The van der Waals surface area contributed by atoms with Crippen molar-refractivity contribution in [1.82, 2.24) is 14.9 Å². The molecule has 1 aliphatic heterocycles. The van der Waals surface area contributed by atoms with Gasteiger partial charge in [0.2, 0.25) is 11.9 Å². The van der Waals surface area contributed by atoms with Crippen LogP contribution in [0, 0.1) is 5.41 Å². The van der Waals surface area contributed by atoms with E-state index in [4.69, 9.17) is 11.6 Å². The first-order valence-electron chi connectivity index (χ1n) is 6.90. The Balaban J connectivity index is 2.02. The third-order valence-electron chi connectivity index (χ3n) is 3.31. The first kappa shape index (κ1) is 15.0. The van der Waals surface area contributed by atoms with Gasteiger partial charge in [-0.2, -0.15) is 0 Å². The van der Waals surface area contributed by atoms with Gasteiger partial charge in [0.25, 0.3) is 0 Å². The van der Waals surface area contributed by atoms with Crippen LogP contribution in [-0.4, -0.2) is 47.0 Å². The van der Waals surface area contributed by atoms with Gasteiger partial charge in [-0.15, -0.1) is 0 Å². The minimum absolute atomic E-state index is 0.205. The minimum atomic E-state index is -0.327. The predicted molar refractivity (Wildman–Crippen MR) is 79.9 cm³/mol. The smallest absolute Gasteiger partial charge is 0.228 e. The molecule has 0 spiro atoms. The Labute approximate surface area is 124 Å². The summed E-state index contributed by atoms with van der Waals surface area (Å²) < 4.78 is 0. The molecule has 2 heterocycles. The number of hydrogen-bond donors (Lipinski definition) is 0. The summed E-state index contributed by atoms with van der Waals surface area (Å²) in [5.74, 6) is 0.885. The SMILES string of the molecule is CC(C)(C)C(=O)N1CCCN(c2ncc(Cl)cn2)CC1. The van der Waals surface area contributed by atoms with E-state index in [1.54, 1.807) is 12.4 Å². The van der Waals surface area contributed by atoms with Crippen molar-refractivity contribution in [3.8, 4) is 0 Å². The maximum Gasteiger partial charge on any atom is 0.228 e. The van der Waals surface area contributed by atoms with Crippen LogP contribution in [0.3, 0.4) is 0 Å². The maximum absolute atomic E-state index is 12.3. The van der Waals surface area contributed by atoms with Crippen molar-refractivity contribution in [2.45, 2.75) is 27.2 Å². The molecule has 6 heteroatoms. The van der Waals surface area contributed by atoms with E-state index in [9.17, 15) is 4.79 Å². The van der Waals surface area contributed by atoms with Gasteiger partial charge in [0.15, 0.2) is 0 Å². The summed E-state index contributed by atoms with van der Waals surface area (Å²) >= 11 is 5.80. The highest BCUT2D eigenvalue weighted by molar-refractivity contribution is 6.30. The minimum Gasteiger partial charge on any atom is -0.340 e. The largest absolute Gasteiger partial charge is 0.340 e. The Morgan fingerprint density at radius 2 is 1.80 bits per heavy atom. The second-order valence-corrected chi connectivity index (χ2v) is 6.52. The van der Waals surface area contributed by atoms with Crippen LogP contribution in [-0.2, 0) is 4.79 Å². The number of nitrogens with zero attached hydrogens (tertiary/aromatic N) is 4. The third kappa shape index (κ3) is 3.60. The lowest BCUT2D eigenvalue weighted by Crippen LogP contribution is -2.41. The van der Waals surface area contributed by atoms with E-state index < -0.39 is 0 Å². The first-order valence-corrected chi connectivity index (χ1v) is 7.27. The number of carbonyl (C=O) groups is 1. The van der Waals surface area contributed by atoms with Gasteiger partial charge in [0.1, 0.15) is 0 Å². The average Bonchev–Trinajstić information content (AvgIpc) is 2.63. The van der Waals surface area contributed by atoms with Crippen molar-refractivity contribution >= 4 is 23.5 Å². The third-order valence-corrected chi connectivity index (χ3v) is 3.51. The molecule has 5 nitrogen and oxygen atoms in total. The molecule has 1 aliphatic rings. The van der Waals surface area contributed by atoms with Gasteiger partial charge in [0.05, 0.1) is 17.4 Å². The van der Waals surface area contributed by atoms with Gasteiger partial charge in [-0.3, -0.25) is 4.79 Å². The molecule has 1 fully saturated rings. The Bertz CT molecular complexity index is 469. The molecule has 1 aromatic heterocycles. The molecule has 1 aromatic rings. The van der Waals surface area contributed by atoms with Gasteiger partial charge in [-0.25, -0.2) is 9.97 Å². The van der Waals surface area contributed by atoms with Gasteiger partial charge >= 0.3 is 0 Å². The van der Waals surface area contributed by atoms with Crippen LogP contribution in [0.2, 0.25) is 5.02 Å². The average molecular weight is 297 g/mol. The molecule has 0 bridgehead atoms. The zero-order chi connectivity index (χ0) is 14.8. The topological polar surface area (TPSA) is 49.3 Å². The number of halogens is 1. The van der Waals surface area contributed by atoms with E-state index >= 15 is 0 Å². The lowest BCUT2D eigenvalue weighted by atomic mass is 9.94. The fourth-order valence-corrected chi connectivity index (χ4v) is 2.36. The summed E-state index contributed by atoms with van der Waals surface area (Å²) in [4.78, 5) is 24.8. The fraction of sp³-hybridized carbons (Fsp3) is 0.643. The van der Waals surface area contributed by atoms with Crippen molar-refractivity contribution < 1.29 is 4.79 Å². The second-order valence-electron chi connectivity index (χ2n) is 6.08. The van der Waals surface area contributed by atoms with E-state index in [-0.39, 0.29) is 11.3 Å². The lowest BCUT2D eigenvalue weighted by molar-refractivity contribution is -0.139. The van der Waals surface area contributed by atoms with E-state index in [1.807, 2.05) is 25.7 Å². The van der Waals surface area contributed by atoms with Crippen molar-refractivity contribution in [1.29, 1.82) is 0 Å². The normalized spacial score (nSPS) is 17.0. The molecule has 2 rings (SSSR count). The summed E-state index contributed by atoms with van der Waals surface area (Å²) in [6.07, 6.45) is 4.13. The molecule has 0 aliphatic carbocycles. The number of amides is 1. The van der Waals surface area contributed by atoms with Crippen LogP contribution in [0.5, 0.6) is 0 Å². The number of aromatic nitrogens is 2. The van der Waals surface area contributed by atoms with Crippen LogP contribution < -0.4 is 4.90 Å². The molecular formula is C14H21ClN4O. The number of rotatable bonds is 1. The Morgan fingerprint density at radius 3 is 2.40 bits per heavy atom. The van der Waals surface area contributed by atoms with Crippen LogP contribution in [0.1, 0.15) is 27.2 Å². The molecule has 0 atom stereocenters. The number of hydrogen-bond acceptors (Lipinski definition) is 4. The van der Waals surface area contributed by atoms with Crippen molar-refractivity contribution in [3.63, 3.8) is 0 Å². The standard InChI is InChI=1S/C14H21ClN4O/c1-14(2,3)12(20)18-5-4-6-19(8-7-18)13-16-9-11(15)10-17-13/h9-10H,4-8H2,1-3H3. The molecule has 20 heavy (non-hydrogen) atoms. The molecule has 1 amide bonds. The van der Waals surface area contributed by atoms with Crippen LogP contribution in [0.4, 0.5) is 5.95 Å². The number of carbonyl (C=O) groups excluding carboxylic acids is 1. The number of anilines is 1. The molecule has 0 N–H and O–H groups in total.